The molecule has 0 aliphatic heterocycles. The van der Waals surface area contributed by atoms with Crippen LogP contribution in [0.3, 0.4) is 0 Å². The van der Waals surface area contributed by atoms with Crippen LogP contribution >= 0.6 is 11.3 Å². The molecular formula is C15H19N3OS. The summed E-state index contributed by atoms with van der Waals surface area (Å²) in [5.74, 6) is -0.0236. The van der Waals surface area contributed by atoms with Crippen LogP contribution < -0.4 is 10.6 Å². The lowest BCUT2D eigenvalue weighted by Gasteiger charge is -2.09. The highest BCUT2D eigenvalue weighted by Gasteiger charge is 2.11. The van der Waals surface area contributed by atoms with Gasteiger partial charge in [-0.05, 0) is 38.6 Å². The number of amides is 1. The number of likely N-dealkylation sites (N-methyl/N-ethyl adjacent to an activating group) is 1. The Kier molecular flexibility index (Phi) is 5.26. The second kappa shape index (κ2) is 7.17. The third kappa shape index (κ3) is 3.65. The minimum Gasteiger partial charge on any atom is -0.347 e. The second-order valence-electron chi connectivity index (χ2n) is 4.55. The molecule has 0 spiro atoms. The molecule has 1 heterocycles. The lowest BCUT2D eigenvalue weighted by molar-refractivity contribution is 0.0950. The van der Waals surface area contributed by atoms with E-state index in [0.29, 0.717) is 6.54 Å². The highest BCUT2D eigenvalue weighted by Crippen LogP contribution is 2.13. The number of hydrogen-bond acceptors (Lipinski definition) is 4. The fourth-order valence-electron chi connectivity index (χ4n) is 1.97. The number of benzene rings is 1. The summed E-state index contributed by atoms with van der Waals surface area (Å²) in [5, 5.41) is 6.08. The molecule has 0 radical (unpaired) electrons. The van der Waals surface area contributed by atoms with Crippen molar-refractivity contribution in [2.75, 3.05) is 13.6 Å². The molecule has 4 nitrogen and oxygen atoms in total. The fourth-order valence-corrected chi connectivity index (χ4v) is 2.69. The van der Waals surface area contributed by atoms with Gasteiger partial charge in [-0.15, -0.1) is 11.3 Å². The van der Waals surface area contributed by atoms with Gasteiger partial charge in [0.15, 0.2) is 0 Å². The maximum atomic E-state index is 12.3. The van der Waals surface area contributed by atoms with Crippen molar-refractivity contribution in [1.29, 1.82) is 0 Å². The Morgan fingerprint density at radius 1 is 1.35 bits per heavy atom. The number of carbonyl (C=O) groups excluding carboxylic acids is 1. The van der Waals surface area contributed by atoms with Crippen LogP contribution in [0.4, 0.5) is 0 Å². The van der Waals surface area contributed by atoms with Gasteiger partial charge in [0, 0.05) is 10.4 Å². The van der Waals surface area contributed by atoms with E-state index in [0.717, 1.165) is 34.7 Å². The van der Waals surface area contributed by atoms with Gasteiger partial charge in [-0.2, -0.15) is 0 Å². The van der Waals surface area contributed by atoms with E-state index in [-0.39, 0.29) is 5.91 Å². The van der Waals surface area contributed by atoms with Crippen LogP contribution in [0.2, 0.25) is 0 Å². The molecule has 2 aromatic rings. The monoisotopic (exact) mass is 289 g/mol. The highest BCUT2D eigenvalue weighted by molar-refractivity contribution is 7.09. The van der Waals surface area contributed by atoms with Crippen LogP contribution in [0.25, 0.3) is 0 Å². The van der Waals surface area contributed by atoms with Crippen molar-refractivity contribution in [2.45, 2.75) is 19.9 Å². The van der Waals surface area contributed by atoms with Gasteiger partial charge in [0.1, 0.15) is 0 Å². The van der Waals surface area contributed by atoms with E-state index in [1.54, 1.807) is 16.8 Å². The predicted octanol–water partition coefficient (Wildman–Crippen LogP) is 2.14. The van der Waals surface area contributed by atoms with Crippen molar-refractivity contribution >= 4 is 17.2 Å². The number of hydrogen-bond donors (Lipinski definition) is 2. The van der Waals surface area contributed by atoms with Gasteiger partial charge in [-0.25, -0.2) is 4.98 Å². The summed E-state index contributed by atoms with van der Waals surface area (Å²) in [7, 11) is 1.91. The molecule has 0 aliphatic rings. The number of aromatic nitrogens is 1. The van der Waals surface area contributed by atoms with Crippen molar-refractivity contribution in [3.8, 4) is 0 Å². The number of nitrogens with one attached hydrogen (secondary N) is 2. The molecule has 20 heavy (non-hydrogen) atoms. The Balaban J connectivity index is 2.03. The summed E-state index contributed by atoms with van der Waals surface area (Å²) in [6, 6.07) is 7.74. The summed E-state index contributed by atoms with van der Waals surface area (Å²) < 4.78 is 0. The molecule has 1 aromatic heterocycles. The molecule has 1 amide bonds. The first-order chi connectivity index (χ1) is 9.72. The summed E-state index contributed by atoms with van der Waals surface area (Å²) in [4.78, 5) is 17.6. The Morgan fingerprint density at radius 3 is 2.85 bits per heavy atom. The summed E-state index contributed by atoms with van der Waals surface area (Å²) in [5.41, 5.74) is 4.61. The van der Waals surface area contributed by atoms with Crippen LogP contribution in [0.1, 0.15) is 26.5 Å². The van der Waals surface area contributed by atoms with Gasteiger partial charge < -0.3 is 10.6 Å². The molecule has 0 atom stereocenters. The molecule has 0 unspecified atom stereocenters. The molecule has 5 heteroatoms. The van der Waals surface area contributed by atoms with E-state index < -0.39 is 0 Å². The minimum atomic E-state index is -0.0236. The summed E-state index contributed by atoms with van der Waals surface area (Å²) in [6.45, 7) is 3.35. The summed E-state index contributed by atoms with van der Waals surface area (Å²) in [6.07, 6.45) is 0.847. The Bertz CT molecular complexity index is 580. The average Bonchev–Trinajstić information content (AvgIpc) is 2.88. The molecule has 2 N–H and O–H groups in total. The molecular weight excluding hydrogens is 270 g/mol. The van der Waals surface area contributed by atoms with E-state index in [2.05, 4.69) is 15.6 Å². The molecule has 0 fully saturated rings. The van der Waals surface area contributed by atoms with E-state index in [1.807, 2.05) is 38.2 Å². The third-order valence-corrected chi connectivity index (χ3v) is 4.10. The Hall–Kier alpha value is -1.72. The van der Waals surface area contributed by atoms with Crippen molar-refractivity contribution in [1.82, 2.24) is 15.6 Å². The molecule has 0 aliphatic carbocycles. The molecule has 0 bridgehead atoms. The molecule has 0 saturated heterocycles. The van der Waals surface area contributed by atoms with Gasteiger partial charge in [0.05, 0.1) is 17.7 Å². The SMILES string of the molecule is CNCCc1ccccc1C(=O)NCc1scnc1C. The van der Waals surface area contributed by atoms with Gasteiger partial charge in [-0.3, -0.25) is 4.79 Å². The van der Waals surface area contributed by atoms with Gasteiger partial charge >= 0.3 is 0 Å². The molecule has 0 saturated carbocycles. The van der Waals surface area contributed by atoms with E-state index in [4.69, 9.17) is 0 Å². The van der Waals surface area contributed by atoms with Crippen LogP contribution in [0.5, 0.6) is 0 Å². The average molecular weight is 289 g/mol. The maximum absolute atomic E-state index is 12.3. The number of nitrogens with zero attached hydrogens (tertiary/aromatic N) is 1. The van der Waals surface area contributed by atoms with Crippen LogP contribution in [-0.2, 0) is 13.0 Å². The Morgan fingerprint density at radius 2 is 2.15 bits per heavy atom. The molecule has 2 rings (SSSR count). The van der Waals surface area contributed by atoms with Gasteiger partial charge in [0.25, 0.3) is 5.91 Å². The zero-order chi connectivity index (χ0) is 14.4. The van der Waals surface area contributed by atoms with E-state index in [9.17, 15) is 4.79 Å². The fraction of sp³-hybridized carbons (Fsp3) is 0.333. The van der Waals surface area contributed by atoms with Crippen LogP contribution in [-0.4, -0.2) is 24.5 Å². The van der Waals surface area contributed by atoms with Crippen molar-refractivity contribution in [2.24, 2.45) is 0 Å². The number of carbonyl (C=O) groups is 1. The number of rotatable bonds is 6. The zero-order valence-corrected chi connectivity index (χ0v) is 12.6. The quantitative estimate of drug-likeness (QED) is 0.856. The van der Waals surface area contributed by atoms with Crippen LogP contribution in [0, 0.1) is 6.92 Å². The van der Waals surface area contributed by atoms with E-state index >= 15 is 0 Å². The first-order valence-corrected chi connectivity index (χ1v) is 7.50. The van der Waals surface area contributed by atoms with E-state index in [1.165, 1.54) is 0 Å². The minimum absolute atomic E-state index is 0.0236. The normalized spacial score (nSPS) is 10.5. The highest BCUT2D eigenvalue weighted by atomic mass is 32.1. The topological polar surface area (TPSA) is 54.0 Å². The van der Waals surface area contributed by atoms with Crippen molar-refractivity contribution in [3.05, 3.63) is 51.5 Å². The second-order valence-corrected chi connectivity index (χ2v) is 5.49. The largest absolute Gasteiger partial charge is 0.347 e. The third-order valence-electron chi connectivity index (χ3n) is 3.16. The predicted molar refractivity (Wildman–Crippen MR) is 82.1 cm³/mol. The number of thiazole rings is 1. The van der Waals surface area contributed by atoms with Gasteiger partial charge in [0.2, 0.25) is 0 Å². The van der Waals surface area contributed by atoms with Gasteiger partial charge in [-0.1, -0.05) is 18.2 Å². The summed E-state index contributed by atoms with van der Waals surface area (Å²) >= 11 is 1.57. The van der Waals surface area contributed by atoms with Crippen LogP contribution in [0.15, 0.2) is 29.8 Å². The number of aryl methyl sites for hydroxylation is 1. The maximum Gasteiger partial charge on any atom is 0.251 e. The smallest absolute Gasteiger partial charge is 0.251 e. The first kappa shape index (κ1) is 14.7. The lowest BCUT2D eigenvalue weighted by atomic mass is 10.0. The molecule has 1 aromatic carbocycles. The Labute approximate surface area is 123 Å². The van der Waals surface area contributed by atoms with Crippen molar-refractivity contribution in [3.63, 3.8) is 0 Å². The van der Waals surface area contributed by atoms with Crippen molar-refractivity contribution < 1.29 is 4.79 Å². The first-order valence-electron chi connectivity index (χ1n) is 6.62. The zero-order valence-electron chi connectivity index (χ0n) is 11.8. The molecule has 106 valence electrons. The standard InChI is InChI=1S/C15H19N3OS/c1-11-14(20-10-18-11)9-17-15(19)13-6-4-3-5-12(13)7-8-16-2/h3-6,10,16H,7-9H2,1-2H3,(H,17,19). The lowest BCUT2D eigenvalue weighted by Crippen LogP contribution is -2.24.